The summed E-state index contributed by atoms with van der Waals surface area (Å²) in [5.74, 6) is -0.729. The molecule has 1 fully saturated rings. The van der Waals surface area contributed by atoms with Crippen molar-refractivity contribution in [3.63, 3.8) is 0 Å². The van der Waals surface area contributed by atoms with Crippen LogP contribution in [0.1, 0.15) is 30.4 Å². The van der Waals surface area contributed by atoms with E-state index in [2.05, 4.69) is 5.32 Å². The Hall–Kier alpha value is -2.48. The zero-order valence-electron chi connectivity index (χ0n) is 15.9. The summed E-state index contributed by atoms with van der Waals surface area (Å²) in [4.78, 5) is 14.0. The molecule has 2 aromatic rings. The van der Waals surface area contributed by atoms with E-state index in [1.807, 2.05) is 12.1 Å². The van der Waals surface area contributed by atoms with Gasteiger partial charge in [-0.05, 0) is 42.7 Å². The van der Waals surface area contributed by atoms with Crippen LogP contribution in [0.3, 0.4) is 0 Å². The number of hydrogen-bond acceptors (Lipinski definition) is 2. The minimum atomic E-state index is -4.78. The van der Waals surface area contributed by atoms with Gasteiger partial charge in [-0.2, -0.15) is 13.2 Å². The molecular formula is C21H19ClF4N2O2. The number of halogens is 5. The van der Waals surface area contributed by atoms with E-state index >= 15 is 0 Å². The second-order valence-electron chi connectivity index (χ2n) is 7.62. The van der Waals surface area contributed by atoms with Crippen LogP contribution < -0.4 is 10.1 Å². The number of hydrogen-bond donors (Lipinski definition) is 1. The van der Waals surface area contributed by atoms with Crippen molar-refractivity contribution in [2.75, 3.05) is 18.4 Å². The second-order valence-corrected chi connectivity index (χ2v) is 8.03. The molecule has 30 heavy (non-hydrogen) atoms. The standard InChI is InChI=1S/C21H19ClF4N2O2/c22-16-3-1-2-13-6-7-20(30-18(13)16)8-10-28(11-9-20)19(29)27-14-4-5-15(17(23)12-14)21(24,25)26/h1-5,12H,6-11H2,(H,27,29). The van der Waals surface area contributed by atoms with Crippen molar-refractivity contribution in [1.82, 2.24) is 4.90 Å². The molecule has 0 aliphatic carbocycles. The summed E-state index contributed by atoms with van der Waals surface area (Å²) in [6, 6.07) is 7.50. The molecule has 4 rings (SSSR count). The number of amides is 2. The van der Waals surface area contributed by atoms with Gasteiger partial charge in [-0.25, -0.2) is 9.18 Å². The molecule has 0 saturated carbocycles. The minimum Gasteiger partial charge on any atom is -0.485 e. The Morgan fingerprint density at radius 2 is 1.87 bits per heavy atom. The highest BCUT2D eigenvalue weighted by Crippen LogP contribution is 2.42. The molecule has 4 nitrogen and oxygen atoms in total. The Morgan fingerprint density at radius 1 is 1.13 bits per heavy atom. The lowest BCUT2D eigenvalue weighted by Gasteiger charge is -2.44. The molecule has 2 amide bonds. The molecule has 2 aliphatic rings. The molecule has 160 valence electrons. The van der Waals surface area contributed by atoms with Gasteiger partial charge in [0, 0.05) is 31.6 Å². The third kappa shape index (κ3) is 4.05. The van der Waals surface area contributed by atoms with Crippen molar-refractivity contribution in [2.24, 2.45) is 0 Å². The summed E-state index contributed by atoms with van der Waals surface area (Å²) in [5, 5.41) is 3.03. The SMILES string of the molecule is O=C(Nc1ccc(C(F)(F)F)c(F)c1)N1CCC2(CCc3cccc(Cl)c3O2)CC1. The number of benzene rings is 2. The van der Waals surface area contributed by atoms with Crippen LogP contribution in [-0.4, -0.2) is 29.6 Å². The number of likely N-dealkylation sites (tertiary alicyclic amines) is 1. The highest BCUT2D eigenvalue weighted by atomic mass is 35.5. The van der Waals surface area contributed by atoms with Gasteiger partial charge in [0.2, 0.25) is 0 Å². The molecule has 2 aromatic carbocycles. The maximum absolute atomic E-state index is 13.7. The highest BCUT2D eigenvalue weighted by Gasteiger charge is 2.41. The first-order valence-corrected chi connectivity index (χ1v) is 9.94. The van der Waals surface area contributed by atoms with Crippen LogP contribution in [0, 0.1) is 5.82 Å². The normalized spacial score (nSPS) is 18.0. The number of rotatable bonds is 1. The van der Waals surface area contributed by atoms with Crippen molar-refractivity contribution in [3.8, 4) is 5.75 Å². The molecule has 9 heteroatoms. The number of anilines is 1. The number of aryl methyl sites for hydroxylation is 1. The molecule has 0 aromatic heterocycles. The number of ether oxygens (including phenoxy) is 1. The van der Waals surface area contributed by atoms with Crippen LogP contribution in [0.2, 0.25) is 5.02 Å². The molecule has 1 saturated heterocycles. The van der Waals surface area contributed by atoms with Gasteiger partial charge in [0.05, 0.1) is 10.6 Å². The Kier molecular flexibility index (Phi) is 5.30. The van der Waals surface area contributed by atoms with Gasteiger partial charge in [-0.3, -0.25) is 0 Å². The number of carbonyl (C=O) groups is 1. The summed E-state index contributed by atoms with van der Waals surface area (Å²) in [6.45, 7) is 0.823. The zero-order valence-corrected chi connectivity index (χ0v) is 16.6. The van der Waals surface area contributed by atoms with Gasteiger partial charge in [-0.15, -0.1) is 0 Å². The number of fused-ring (bicyclic) bond motifs is 1. The molecule has 0 radical (unpaired) electrons. The molecule has 2 heterocycles. The quantitative estimate of drug-likeness (QED) is 0.559. The average Bonchev–Trinajstić information content (AvgIpc) is 2.68. The lowest BCUT2D eigenvalue weighted by molar-refractivity contribution is -0.139. The number of carbonyl (C=O) groups excluding carboxylic acids is 1. The molecule has 1 spiro atoms. The topological polar surface area (TPSA) is 41.6 Å². The van der Waals surface area contributed by atoms with Crippen LogP contribution in [0.4, 0.5) is 28.0 Å². The van der Waals surface area contributed by atoms with Crippen LogP contribution in [0.25, 0.3) is 0 Å². The highest BCUT2D eigenvalue weighted by molar-refractivity contribution is 6.32. The largest absolute Gasteiger partial charge is 0.485 e. The van der Waals surface area contributed by atoms with E-state index in [-0.39, 0.29) is 5.69 Å². The van der Waals surface area contributed by atoms with E-state index in [1.54, 1.807) is 11.0 Å². The van der Waals surface area contributed by atoms with E-state index in [0.717, 1.165) is 24.5 Å². The summed E-state index contributed by atoms with van der Waals surface area (Å²) in [6.07, 6.45) is -1.92. The van der Waals surface area contributed by atoms with Gasteiger partial charge in [0.15, 0.2) is 0 Å². The monoisotopic (exact) mass is 442 g/mol. The zero-order chi connectivity index (χ0) is 21.5. The lowest BCUT2D eigenvalue weighted by Crippen LogP contribution is -2.52. The fourth-order valence-corrected chi connectivity index (χ4v) is 4.22. The predicted molar refractivity (Wildman–Crippen MR) is 104 cm³/mol. The summed E-state index contributed by atoms with van der Waals surface area (Å²) >= 11 is 6.27. The van der Waals surface area contributed by atoms with E-state index in [9.17, 15) is 22.4 Å². The number of piperidine rings is 1. The van der Waals surface area contributed by atoms with Gasteiger partial charge in [-0.1, -0.05) is 23.7 Å². The molecule has 0 unspecified atom stereocenters. The molecule has 0 atom stereocenters. The van der Waals surface area contributed by atoms with Crippen molar-refractivity contribution in [1.29, 1.82) is 0 Å². The summed E-state index contributed by atoms with van der Waals surface area (Å²) < 4.78 is 58.0. The third-order valence-corrected chi connectivity index (χ3v) is 6.00. The van der Waals surface area contributed by atoms with Gasteiger partial charge >= 0.3 is 12.2 Å². The van der Waals surface area contributed by atoms with Crippen LogP contribution in [0.5, 0.6) is 5.75 Å². The maximum atomic E-state index is 13.7. The predicted octanol–water partition coefficient (Wildman–Crippen LogP) is 5.89. The Labute approximate surface area is 175 Å². The third-order valence-electron chi connectivity index (χ3n) is 5.70. The van der Waals surface area contributed by atoms with E-state index in [0.29, 0.717) is 48.8 Å². The van der Waals surface area contributed by atoms with E-state index in [1.165, 1.54) is 0 Å². The first-order chi connectivity index (χ1) is 14.2. The summed E-state index contributed by atoms with van der Waals surface area (Å²) in [7, 11) is 0. The maximum Gasteiger partial charge on any atom is 0.419 e. The van der Waals surface area contributed by atoms with Crippen molar-refractivity contribution in [3.05, 3.63) is 58.4 Å². The van der Waals surface area contributed by atoms with Crippen LogP contribution >= 0.6 is 11.6 Å². The van der Waals surface area contributed by atoms with E-state index in [4.69, 9.17) is 16.3 Å². The van der Waals surface area contributed by atoms with Gasteiger partial charge < -0.3 is 15.0 Å². The van der Waals surface area contributed by atoms with Crippen LogP contribution in [0.15, 0.2) is 36.4 Å². The van der Waals surface area contributed by atoms with Gasteiger partial charge in [0.25, 0.3) is 0 Å². The summed E-state index contributed by atoms with van der Waals surface area (Å²) in [5.41, 5.74) is -0.721. The molecule has 1 N–H and O–H groups in total. The minimum absolute atomic E-state index is 0.0274. The number of alkyl halides is 3. The van der Waals surface area contributed by atoms with Gasteiger partial charge in [0.1, 0.15) is 17.2 Å². The first-order valence-electron chi connectivity index (χ1n) is 9.56. The first kappa shape index (κ1) is 20.8. The van der Waals surface area contributed by atoms with Crippen LogP contribution in [-0.2, 0) is 12.6 Å². The number of para-hydroxylation sites is 1. The number of nitrogens with zero attached hydrogens (tertiary/aromatic N) is 1. The second kappa shape index (κ2) is 7.65. The Balaban J connectivity index is 1.38. The number of urea groups is 1. The van der Waals surface area contributed by atoms with Crippen molar-refractivity contribution < 1.29 is 27.1 Å². The van der Waals surface area contributed by atoms with Crippen molar-refractivity contribution >= 4 is 23.3 Å². The fourth-order valence-electron chi connectivity index (χ4n) is 3.99. The lowest BCUT2D eigenvalue weighted by atomic mass is 9.83. The Morgan fingerprint density at radius 3 is 2.53 bits per heavy atom. The van der Waals surface area contributed by atoms with Crippen molar-refractivity contribution in [2.45, 2.75) is 37.5 Å². The molecule has 2 aliphatic heterocycles. The average molecular weight is 443 g/mol. The fraction of sp³-hybridized carbons (Fsp3) is 0.381. The van der Waals surface area contributed by atoms with E-state index < -0.39 is 29.2 Å². The smallest absolute Gasteiger partial charge is 0.419 e. The number of nitrogens with one attached hydrogen (secondary N) is 1. The molecule has 0 bridgehead atoms. The Bertz CT molecular complexity index is 972. The molecular weight excluding hydrogens is 424 g/mol.